The third-order valence-corrected chi connectivity index (χ3v) is 3.36. The monoisotopic (exact) mass is 293 g/mol. The van der Waals surface area contributed by atoms with Gasteiger partial charge < -0.3 is 5.32 Å². The standard InChI is InChI=1S/C9H9ClIN/c10-7-3-4-8(11)9-6(7)2-1-5-12-9/h3-4,12H,1-2,5H2. The molecule has 1 aromatic rings. The minimum Gasteiger partial charge on any atom is -0.384 e. The van der Waals surface area contributed by atoms with Gasteiger partial charge in [0.05, 0.1) is 5.69 Å². The Morgan fingerprint density at radius 3 is 3.00 bits per heavy atom. The third kappa shape index (κ3) is 1.42. The summed E-state index contributed by atoms with van der Waals surface area (Å²) in [7, 11) is 0. The molecule has 0 unspecified atom stereocenters. The Kier molecular flexibility index (Phi) is 2.46. The van der Waals surface area contributed by atoms with E-state index in [4.69, 9.17) is 11.6 Å². The molecule has 1 aliphatic rings. The summed E-state index contributed by atoms with van der Waals surface area (Å²) < 4.78 is 1.27. The van der Waals surface area contributed by atoms with Crippen LogP contribution in [0.1, 0.15) is 12.0 Å². The predicted octanol–water partition coefficient (Wildman–Crippen LogP) is 3.30. The minimum absolute atomic E-state index is 0.901. The lowest BCUT2D eigenvalue weighted by molar-refractivity contribution is 0.829. The van der Waals surface area contributed by atoms with Crippen molar-refractivity contribution >= 4 is 39.9 Å². The molecular formula is C9H9ClIN. The molecular weight excluding hydrogens is 284 g/mol. The molecule has 0 fully saturated rings. The van der Waals surface area contributed by atoms with Crippen LogP contribution in [0.25, 0.3) is 0 Å². The second-order valence-corrected chi connectivity index (χ2v) is 4.48. The molecule has 0 saturated carbocycles. The highest BCUT2D eigenvalue weighted by Gasteiger charge is 2.13. The topological polar surface area (TPSA) is 12.0 Å². The van der Waals surface area contributed by atoms with Gasteiger partial charge in [0.25, 0.3) is 0 Å². The Balaban J connectivity index is 2.57. The Hall–Kier alpha value is 0.0400. The van der Waals surface area contributed by atoms with E-state index in [-0.39, 0.29) is 0 Å². The molecule has 12 heavy (non-hydrogen) atoms. The number of hydrogen-bond donors (Lipinski definition) is 1. The molecule has 0 aliphatic carbocycles. The molecule has 1 N–H and O–H groups in total. The molecule has 1 aliphatic heterocycles. The van der Waals surface area contributed by atoms with E-state index in [1.165, 1.54) is 21.2 Å². The third-order valence-electron chi connectivity index (χ3n) is 2.11. The van der Waals surface area contributed by atoms with Gasteiger partial charge in [-0.15, -0.1) is 0 Å². The van der Waals surface area contributed by atoms with E-state index in [1.54, 1.807) is 0 Å². The quantitative estimate of drug-likeness (QED) is 0.724. The number of benzene rings is 1. The van der Waals surface area contributed by atoms with Crippen LogP contribution in [-0.2, 0) is 6.42 Å². The number of fused-ring (bicyclic) bond motifs is 1. The molecule has 0 bridgehead atoms. The van der Waals surface area contributed by atoms with Crippen molar-refractivity contribution in [3.8, 4) is 0 Å². The van der Waals surface area contributed by atoms with Gasteiger partial charge in [0.15, 0.2) is 0 Å². The number of anilines is 1. The maximum atomic E-state index is 6.07. The molecule has 1 heterocycles. The molecule has 0 atom stereocenters. The van der Waals surface area contributed by atoms with E-state index in [2.05, 4.69) is 34.0 Å². The summed E-state index contributed by atoms with van der Waals surface area (Å²) in [5.41, 5.74) is 2.53. The number of rotatable bonds is 0. The zero-order chi connectivity index (χ0) is 8.55. The second kappa shape index (κ2) is 3.42. The van der Waals surface area contributed by atoms with Crippen molar-refractivity contribution < 1.29 is 0 Å². The van der Waals surface area contributed by atoms with E-state index in [0.29, 0.717) is 0 Å². The SMILES string of the molecule is Clc1ccc(I)c2c1CCCN2. The number of nitrogens with one attached hydrogen (secondary N) is 1. The van der Waals surface area contributed by atoms with Gasteiger partial charge in [0, 0.05) is 15.1 Å². The van der Waals surface area contributed by atoms with Gasteiger partial charge in [-0.1, -0.05) is 11.6 Å². The van der Waals surface area contributed by atoms with Crippen LogP contribution in [0.4, 0.5) is 5.69 Å². The van der Waals surface area contributed by atoms with Gasteiger partial charge in [-0.3, -0.25) is 0 Å². The maximum absolute atomic E-state index is 6.07. The van der Waals surface area contributed by atoms with Crippen LogP contribution in [0.5, 0.6) is 0 Å². The fourth-order valence-corrected chi connectivity index (χ4v) is 2.46. The van der Waals surface area contributed by atoms with Crippen LogP contribution >= 0.6 is 34.2 Å². The molecule has 1 aromatic carbocycles. The maximum Gasteiger partial charge on any atom is 0.0523 e. The summed E-state index contributed by atoms with van der Waals surface area (Å²) in [6, 6.07) is 4.04. The minimum atomic E-state index is 0.901. The molecule has 1 nitrogen and oxygen atoms in total. The van der Waals surface area contributed by atoms with E-state index in [0.717, 1.165) is 18.0 Å². The average molecular weight is 294 g/mol. The van der Waals surface area contributed by atoms with Crippen molar-refractivity contribution in [2.75, 3.05) is 11.9 Å². The van der Waals surface area contributed by atoms with Crippen LogP contribution in [-0.4, -0.2) is 6.54 Å². The summed E-state index contributed by atoms with van der Waals surface area (Å²) in [6.07, 6.45) is 2.30. The van der Waals surface area contributed by atoms with Gasteiger partial charge >= 0.3 is 0 Å². The molecule has 0 aromatic heterocycles. The van der Waals surface area contributed by atoms with Crippen LogP contribution in [0, 0.1) is 3.57 Å². The highest BCUT2D eigenvalue weighted by molar-refractivity contribution is 14.1. The van der Waals surface area contributed by atoms with E-state index in [9.17, 15) is 0 Å². The lowest BCUT2D eigenvalue weighted by Crippen LogP contribution is -2.13. The Labute approximate surface area is 90.6 Å². The van der Waals surface area contributed by atoms with Gasteiger partial charge in [0.2, 0.25) is 0 Å². The molecule has 2 rings (SSSR count). The van der Waals surface area contributed by atoms with Crippen molar-refractivity contribution in [3.63, 3.8) is 0 Å². The largest absolute Gasteiger partial charge is 0.384 e. The fraction of sp³-hybridized carbons (Fsp3) is 0.333. The van der Waals surface area contributed by atoms with Crippen LogP contribution < -0.4 is 5.32 Å². The highest BCUT2D eigenvalue weighted by atomic mass is 127. The van der Waals surface area contributed by atoms with Crippen LogP contribution in [0.2, 0.25) is 5.02 Å². The van der Waals surface area contributed by atoms with Gasteiger partial charge in [-0.25, -0.2) is 0 Å². The number of halogens is 2. The molecule has 0 saturated heterocycles. The van der Waals surface area contributed by atoms with E-state index in [1.807, 2.05) is 6.07 Å². The summed E-state index contributed by atoms with van der Waals surface area (Å²) in [4.78, 5) is 0. The zero-order valence-corrected chi connectivity index (χ0v) is 9.45. The van der Waals surface area contributed by atoms with Crippen LogP contribution in [0.15, 0.2) is 12.1 Å². The normalized spacial score (nSPS) is 15.2. The van der Waals surface area contributed by atoms with Crippen molar-refractivity contribution in [2.45, 2.75) is 12.8 Å². The number of hydrogen-bond acceptors (Lipinski definition) is 1. The first-order chi connectivity index (χ1) is 5.79. The van der Waals surface area contributed by atoms with Crippen LogP contribution in [0.3, 0.4) is 0 Å². The van der Waals surface area contributed by atoms with Crippen molar-refractivity contribution in [3.05, 3.63) is 26.3 Å². The molecule has 0 radical (unpaired) electrons. The second-order valence-electron chi connectivity index (χ2n) is 2.91. The summed E-state index contributed by atoms with van der Waals surface area (Å²) in [6.45, 7) is 1.07. The Morgan fingerprint density at radius 2 is 2.25 bits per heavy atom. The van der Waals surface area contributed by atoms with E-state index >= 15 is 0 Å². The first kappa shape index (κ1) is 8.63. The molecule has 3 heteroatoms. The lowest BCUT2D eigenvalue weighted by Gasteiger charge is -2.20. The summed E-state index contributed by atoms with van der Waals surface area (Å²) in [5.74, 6) is 0. The molecule has 0 amide bonds. The molecule has 64 valence electrons. The van der Waals surface area contributed by atoms with Crippen molar-refractivity contribution in [2.24, 2.45) is 0 Å². The zero-order valence-electron chi connectivity index (χ0n) is 6.53. The summed E-state index contributed by atoms with van der Waals surface area (Å²) in [5, 5.41) is 4.28. The predicted molar refractivity (Wildman–Crippen MR) is 61.0 cm³/mol. The lowest BCUT2D eigenvalue weighted by atomic mass is 10.0. The first-order valence-electron chi connectivity index (χ1n) is 4.00. The summed E-state index contributed by atoms with van der Waals surface area (Å²) >= 11 is 8.41. The van der Waals surface area contributed by atoms with Gasteiger partial charge in [0.1, 0.15) is 0 Å². The average Bonchev–Trinajstić information content (AvgIpc) is 2.12. The van der Waals surface area contributed by atoms with Gasteiger partial charge in [-0.2, -0.15) is 0 Å². The Bertz CT molecular complexity index is 281. The van der Waals surface area contributed by atoms with Gasteiger partial charge in [-0.05, 0) is 53.1 Å². The van der Waals surface area contributed by atoms with E-state index < -0.39 is 0 Å². The Morgan fingerprint density at radius 1 is 1.42 bits per heavy atom. The molecule has 0 spiro atoms. The fourth-order valence-electron chi connectivity index (χ4n) is 1.51. The highest BCUT2D eigenvalue weighted by Crippen LogP contribution is 2.32. The van der Waals surface area contributed by atoms with Crippen molar-refractivity contribution in [1.29, 1.82) is 0 Å². The smallest absolute Gasteiger partial charge is 0.0523 e. The van der Waals surface area contributed by atoms with Crippen molar-refractivity contribution in [1.82, 2.24) is 0 Å². The first-order valence-corrected chi connectivity index (χ1v) is 5.45.